The predicted molar refractivity (Wildman–Crippen MR) is 60.3 cm³/mol. The van der Waals surface area contributed by atoms with Gasteiger partial charge in [0.1, 0.15) is 5.75 Å². The first-order valence-electron chi connectivity index (χ1n) is 5.88. The second kappa shape index (κ2) is 3.86. The van der Waals surface area contributed by atoms with E-state index in [0.717, 1.165) is 18.9 Å². The summed E-state index contributed by atoms with van der Waals surface area (Å²) in [5.41, 5.74) is 2.82. The lowest BCUT2D eigenvalue weighted by Gasteiger charge is -2.11. The lowest BCUT2D eigenvalue weighted by molar-refractivity contribution is 0.351. The molecule has 2 nitrogen and oxygen atoms in total. The SMILES string of the molecule is c1cc2c(c(CC3CCNC3)c1)OCC2. The molecule has 2 aliphatic heterocycles. The first-order valence-corrected chi connectivity index (χ1v) is 5.88. The van der Waals surface area contributed by atoms with E-state index in [1.165, 1.54) is 42.8 Å². The summed E-state index contributed by atoms with van der Waals surface area (Å²) in [6.07, 6.45) is 3.58. The van der Waals surface area contributed by atoms with E-state index in [1.54, 1.807) is 0 Å². The van der Waals surface area contributed by atoms with Crippen LogP contribution in [0.15, 0.2) is 18.2 Å². The number of rotatable bonds is 2. The fourth-order valence-corrected chi connectivity index (χ4v) is 2.64. The second-order valence-electron chi connectivity index (χ2n) is 4.57. The van der Waals surface area contributed by atoms with Crippen LogP contribution < -0.4 is 10.1 Å². The number of ether oxygens (including phenoxy) is 1. The van der Waals surface area contributed by atoms with E-state index in [4.69, 9.17) is 4.74 Å². The Hall–Kier alpha value is -1.02. The molecule has 1 atom stereocenters. The zero-order chi connectivity index (χ0) is 10.1. The molecule has 2 heteroatoms. The molecule has 15 heavy (non-hydrogen) atoms. The molecular formula is C13H17NO. The van der Waals surface area contributed by atoms with Gasteiger partial charge in [-0.15, -0.1) is 0 Å². The van der Waals surface area contributed by atoms with Crippen LogP contribution in [0.1, 0.15) is 17.5 Å². The van der Waals surface area contributed by atoms with Gasteiger partial charge in [0.15, 0.2) is 0 Å². The van der Waals surface area contributed by atoms with Crippen LogP contribution >= 0.6 is 0 Å². The highest BCUT2D eigenvalue weighted by Gasteiger charge is 2.20. The smallest absolute Gasteiger partial charge is 0.125 e. The zero-order valence-electron chi connectivity index (χ0n) is 8.96. The second-order valence-corrected chi connectivity index (χ2v) is 4.57. The molecule has 1 aromatic rings. The normalized spacial score (nSPS) is 23.9. The minimum Gasteiger partial charge on any atom is -0.493 e. The summed E-state index contributed by atoms with van der Waals surface area (Å²) in [5, 5.41) is 3.42. The van der Waals surface area contributed by atoms with Gasteiger partial charge in [-0.05, 0) is 43.0 Å². The van der Waals surface area contributed by atoms with Crippen LogP contribution in [-0.4, -0.2) is 19.7 Å². The van der Waals surface area contributed by atoms with Gasteiger partial charge >= 0.3 is 0 Å². The monoisotopic (exact) mass is 203 g/mol. The van der Waals surface area contributed by atoms with Gasteiger partial charge in [-0.25, -0.2) is 0 Å². The molecule has 2 aliphatic rings. The van der Waals surface area contributed by atoms with Crippen molar-refractivity contribution in [3.8, 4) is 5.75 Å². The number of benzene rings is 1. The number of para-hydroxylation sites is 1. The van der Waals surface area contributed by atoms with Crippen LogP contribution in [0.4, 0.5) is 0 Å². The summed E-state index contributed by atoms with van der Waals surface area (Å²) >= 11 is 0. The van der Waals surface area contributed by atoms with Crippen molar-refractivity contribution in [1.29, 1.82) is 0 Å². The third kappa shape index (κ3) is 1.74. The van der Waals surface area contributed by atoms with Gasteiger partial charge in [0.05, 0.1) is 6.61 Å². The van der Waals surface area contributed by atoms with Crippen molar-refractivity contribution in [3.05, 3.63) is 29.3 Å². The molecular weight excluding hydrogens is 186 g/mol. The van der Waals surface area contributed by atoms with Crippen LogP contribution in [0.2, 0.25) is 0 Å². The maximum absolute atomic E-state index is 5.72. The number of nitrogens with one attached hydrogen (secondary N) is 1. The van der Waals surface area contributed by atoms with E-state index in [1.807, 2.05) is 0 Å². The Balaban J connectivity index is 1.82. The molecule has 3 rings (SSSR count). The molecule has 80 valence electrons. The zero-order valence-corrected chi connectivity index (χ0v) is 8.96. The quantitative estimate of drug-likeness (QED) is 0.791. The van der Waals surface area contributed by atoms with Gasteiger partial charge in [0.25, 0.3) is 0 Å². The van der Waals surface area contributed by atoms with Crippen LogP contribution in [0.5, 0.6) is 5.75 Å². The molecule has 1 aromatic carbocycles. The lowest BCUT2D eigenvalue weighted by Crippen LogP contribution is -2.11. The van der Waals surface area contributed by atoms with Crippen molar-refractivity contribution >= 4 is 0 Å². The molecule has 0 bridgehead atoms. The summed E-state index contributed by atoms with van der Waals surface area (Å²) in [6, 6.07) is 6.59. The van der Waals surface area contributed by atoms with Gasteiger partial charge in [-0.3, -0.25) is 0 Å². The fourth-order valence-electron chi connectivity index (χ4n) is 2.64. The summed E-state index contributed by atoms with van der Waals surface area (Å²) in [4.78, 5) is 0. The van der Waals surface area contributed by atoms with Crippen LogP contribution in [0, 0.1) is 5.92 Å². The summed E-state index contributed by atoms with van der Waals surface area (Å²) in [6.45, 7) is 3.22. The molecule has 0 saturated carbocycles. The van der Waals surface area contributed by atoms with Crippen molar-refractivity contribution in [3.63, 3.8) is 0 Å². The van der Waals surface area contributed by atoms with E-state index in [0.29, 0.717) is 0 Å². The van der Waals surface area contributed by atoms with Gasteiger partial charge < -0.3 is 10.1 Å². The highest BCUT2D eigenvalue weighted by molar-refractivity contribution is 5.44. The number of hydrogen-bond acceptors (Lipinski definition) is 2. The largest absolute Gasteiger partial charge is 0.493 e. The van der Waals surface area contributed by atoms with Gasteiger partial charge in [0, 0.05) is 6.42 Å². The molecule has 2 heterocycles. The van der Waals surface area contributed by atoms with E-state index < -0.39 is 0 Å². The van der Waals surface area contributed by atoms with Crippen LogP contribution in [0.25, 0.3) is 0 Å². The van der Waals surface area contributed by atoms with E-state index >= 15 is 0 Å². The lowest BCUT2D eigenvalue weighted by atomic mass is 9.96. The maximum atomic E-state index is 5.72. The van der Waals surface area contributed by atoms with E-state index in [-0.39, 0.29) is 0 Å². The van der Waals surface area contributed by atoms with Crippen molar-refractivity contribution in [2.75, 3.05) is 19.7 Å². The Morgan fingerprint density at radius 1 is 1.40 bits per heavy atom. The molecule has 0 spiro atoms. The summed E-state index contributed by atoms with van der Waals surface area (Å²) in [5.74, 6) is 1.99. The Bertz CT molecular complexity index is 356. The highest BCUT2D eigenvalue weighted by Crippen LogP contribution is 2.31. The highest BCUT2D eigenvalue weighted by atomic mass is 16.5. The molecule has 0 aromatic heterocycles. The van der Waals surface area contributed by atoms with Gasteiger partial charge in [-0.2, -0.15) is 0 Å². The standard InChI is InChI=1S/C13H17NO/c1-2-11-5-7-15-13(11)12(3-1)8-10-4-6-14-9-10/h1-3,10,14H,4-9H2. The first kappa shape index (κ1) is 9.22. The maximum Gasteiger partial charge on any atom is 0.125 e. The summed E-state index contributed by atoms with van der Waals surface area (Å²) < 4.78 is 5.72. The molecule has 0 amide bonds. The van der Waals surface area contributed by atoms with Crippen molar-refractivity contribution < 1.29 is 4.74 Å². The van der Waals surface area contributed by atoms with E-state index in [9.17, 15) is 0 Å². The fraction of sp³-hybridized carbons (Fsp3) is 0.538. The first-order chi connectivity index (χ1) is 7.43. The van der Waals surface area contributed by atoms with Crippen molar-refractivity contribution in [1.82, 2.24) is 5.32 Å². The molecule has 0 aliphatic carbocycles. The minimum absolute atomic E-state index is 0.806. The minimum atomic E-state index is 0.806. The Morgan fingerprint density at radius 2 is 2.40 bits per heavy atom. The topological polar surface area (TPSA) is 21.3 Å². The average molecular weight is 203 g/mol. The molecule has 1 saturated heterocycles. The number of fused-ring (bicyclic) bond motifs is 1. The molecule has 1 N–H and O–H groups in total. The predicted octanol–water partition coefficient (Wildman–Crippen LogP) is 1.77. The van der Waals surface area contributed by atoms with Crippen LogP contribution in [-0.2, 0) is 12.8 Å². The van der Waals surface area contributed by atoms with Crippen LogP contribution in [0.3, 0.4) is 0 Å². The molecule has 0 radical (unpaired) electrons. The van der Waals surface area contributed by atoms with Crippen molar-refractivity contribution in [2.45, 2.75) is 19.3 Å². The van der Waals surface area contributed by atoms with Gasteiger partial charge in [-0.1, -0.05) is 18.2 Å². The Kier molecular flexibility index (Phi) is 2.37. The molecule has 1 fully saturated rings. The third-order valence-electron chi connectivity index (χ3n) is 3.47. The van der Waals surface area contributed by atoms with Gasteiger partial charge in [0.2, 0.25) is 0 Å². The number of hydrogen-bond donors (Lipinski definition) is 1. The third-order valence-corrected chi connectivity index (χ3v) is 3.47. The van der Waals surface area contributed by atoms with E-state index in [2.05, 4.69) is 23.5 Å². The summed E-state index contributed by atoms with van der Waals surface area (Å²) in [7, 11) is 0. The molecule has 1 unspecified atom stereocenters. The Labute approximate surface area is 90.6 Å². The average Bonchev–Trinajstić information content (AvgIpc) is 2.87. The Morgan fingerprint density at radius 3 is 3.27 bits per heavy atom. The van der Waals surface area contributed by atoms with Crippen molar-refractivity contribution in [2.24, 2.45) is 5.92 Å².